The number of fused-ring (bicyclic) bond motifs is 5. The highest BCUT2D eigenvalue weighted by Gasteiger charge is 2.65. The van der Waals surface area contributed by atoms with Crippen molar-refractivity contribution in [1.82, 2.24) is 25.1 Å². The van der Waals surface area contributed by atoms with Gasteiger partial charge in [0.2, 0.25) is 5.89 Å². The molecule has 1 fully saturated rings. The predicted molar refractivity (Wildman–Crippen MR) is 127 cm³/mol. The number of hydrogen-bond acceptors (Lipinski definition) is 7. The van der Waals surface area contributed by atoms with Crippen LogP contribution >= 0.6 is 0 Å². The summed E-state index contributed by atoms with van der Waals surface area (Å²) in [6, 6.07) is 5.46. The van der Waals surface area contributed by atoms with E-state index >= 15 is 0 Å². The molecule has 2 aliphatic carbocycles. The first-order valence-corrected chi connectivity index (χ1v) is 12.1. The maximum Gasteiger partial charge on any atom is 0.247 e. The molecular weight excluding hydrogens is 483 g/mol. The van der Waals surface area contributed by atoms with Gasteiger partial charge in [0.1, 0.15) is 41.6 Å². The first-order valence-electron chi connectivity index (χ1n) is 12.1. The van der Waals surface area contributed by atoms with Crippen LogP contribution in [-0.2, 0) is 5.41 Å². The molecule has 4 atom stereocenters. The molecule has 1 aromatic carbocycles. The summed E-state index contributed by atoms with van der Waals surface area (Å²) in [7, 11) is 0. The molecular formula is C27H24F3N5O2. The summed E-state index contributed by atoms with van der Waals surface area (Å²) in [5, 5.41) is 18.8. The molecule has 3 heterocycles. The average molecular weight is 508 g/mol. The minimum atomic E-state index is -1.51. The van der Waals surface area contributed by atoms with Crippen molar-refractivity contribution < 1.29 is 22.7 Å². The van der Waals surface area contributed by atoms with Gasteiger partial charge in [0, 0.05) is 6.20 Å². The number of hydrogen-bond donors (Lipinski definition) is 1. The Balaban J connectivity index is 1.46. The van der Waals surface area contributed by atoms with Crippen molar-refractivity contribution in [1.29, 1.82) is 0 Å². The fraction of sp³-hybridized carbons (Fsp3) is 0.370. The lowest BCUT2D eigenvalue weighted by Gasteiger charge is -2.37. The fourth-order valence-corrected chi connectivity index (χ4v) is 6.21. The van der Waals surface area contributed by atoms with E-state index in [4.69, 9.17) is 9.40 Å². The zero-order valence-corrected chi connectivity index (χ0v) is 20.4. The number of aromatic nitrogens is 5. The standard InChI is InChI=1S/C27H24F3N5O2/c1-13(28)23(36)20-12-37-25(33-20)19-10-31-11-21(32-19)27-8-7-15(26(27,2)3)14-9-18(34-35-24(14)27)22-16(29)5-4-6-17(22)30/h4-6,9-13,15,23,36H,7-8H2,1-3H3/t13?,15-,23-,27-/m0/s1. The fourth-order valence-electron chi connectivity index (χ4n) is 6.21. The molecule has 7 nitrogen and oxygen atoms in total. The third-order valence-electron chi connectivity index (χ3n) is 8.15. The number of halogens is 3. The van der Waals surface area contributed by atoms with Crippen LogP contribution in [0.2, 0.25) is 0 Å². The molecule has 10 heteroatoms. The largest absolute Gasteiger partial charge is 0.443 e. The van der Waals surface area contributed by atoms with Crippen LogP contribution in [0.1, 0.15) is 68.3 Å². The van der Waals surface area contributed by atoms with Gasteiger partial charge in [0.05, 0.1) is 34.3 Å². The lowest BCUT2D eigenvalue weighted by atomic mass is 9.66. The van der Waals surface area contributed by atoms with E-state index in [1.807, 2.05) is 0 Å². The molecule has 2 bridgehead atoms. The van der Waals surface area contributed by atoms with Crippen LogP contribution in [0.4, 0.5) is 13.2 Å². The van der Waals surface area contributed by atoms with E-state index in [1.165, 1.54) is 37.6 Å². The van der Waals surface area contributed by atoms with Crippen molar-refractivity contribution in [2.75, 3.05) is 0 Å². The lowest BCUT2D eigenvalue weighted by molar-refractivity contribution is 0.0846. The van der Waals surface area contributed by atoms with Crippen molar-refractivity contribution in [3.63, 3.8) is 0 Å². The molecule has 0 spiro atoms. The van der Waals surface area contributed by atoms with Gasteiger partial charge in [-0.1, -0.05) is 19.9 Å². The van der Waals surface area contributed by atoms with Gasteiger partial charge in [0.25, 0.3) is 0 Å². The molecule has 190 valence electrons. The molecule has 0 aliphatic heterocycles. The van der Waals surface area contributed by atoms with E-state index in [0.717, 1.165) is 24.1 Å². The van der Waals surface area contributed by atoms with Crippen LogP contribution in [0.5, 0.6) is 0 Å². The summed E-state index contributed by atoms with van der Waals surface area (Å²) in [5.74, 6) is -1.20. The summed E-state index contributed by atoms with van der Waals surface area (Å²) in [6.07, 6.45) is 3.03. The summed E-state index contributed by atoms with van der Waals surface area (Å²) in [6.45, 7) is 5.50. The highest BCUT2D eigenvalue weighted by Crippen LogP contribution is 2.69. The van der Waals surface area contributed by atoms with Crippen molar-refractivity contribution in [2.24, 2.45) is 5.41 Å². The molecule has 0 radical (unpaired) electrons. The van der Waals surface area contributed by atoms with Gasteiger partial charge in [-0.15, -0.1) is 5.10 Å². The van der Waals surface area contributed by atoms with Gasteiger partial charge < -0.3 is 9.52 Å². The number of rotatable bonds is 5. The van der Waals surface area contributed by atoms with E-state index in [9.17, 15) is 18.3 Å². The molecule has 1 unspecified atom stereocenters. The Hall–Kier alpha value is -3.66. The Morgan fingerprint density at radius 1 is 1.08 bits per heavy atom. The second-order valence-electron chi connectivity index (χ2n) is 10.3. The van der Waals surface area contributed by atoms with E-state index in [1.54, 1.807) is 12.3 Å². The Bertz CT molecular complexity index is 1500. The van der Waals surface area contributed by atoms with Crippen LogP contribution < -0.4 is 0 Å². The molecule has 1 N–H and O–H groups in total. The number of aliphatic hydroxyl groups is 1. The van der Waals surface area contributed by atoms with Gasteiger partial charge in [0.15, 0.2) is 0 Å². The average Bonchev–Trinajstić information content (AvgIpc) is 3.52. The second kappa shape index (κ2) is 8.17. The number of oxazole rings is 1. The quantitative estimate of drug-likeness (QED) is 0.383. The van der Waals surface area contributed by atoms with Crippen LogP contribution in [0.3, 0.4) is 0 Å². The third-order valence-corrected chi connectivity index (χ3v) is 8.15. The molecule has 2 aliphatic rings. The number of aliphatic hydroxyl groups excluding tert-OH is 1. The Morgan fingerprint density at radius 3 is 2.57 bits per heavy atom. The van der Waals surface area contributed by atoms with Crippen LogP contribution in [0, 0.1) is 17.0 Å². The molecule has 3 aromatic heterocycles. The highest BCUT2D eigenvalue weighted by atomic mass is 19.1. The Labute approximate surface area is 210 Å². The summed E-state index contributed by atoms with van der Waals surface area (Å²) in [4.78, 5) is 13.4. The van der Waals surface area contributed by atoms with Crippen LogP contribution in [0.25, 0.3) is 22.8 Å². The van der Waals surface area contributed by atoms with Gasteiger partial charge >= 0.3 is 0 Å². The van der Waals surface area contributed by atoms with Crippen molar-refractivity contribution >= 4 is 0 Å². The maximum atomic E-state index is 14.5. The van der Waals surface area contributed by atoms with Crippen molar-refractivity contribution in [3.05, 3.63) is 77.2 Å². The minimum Gasteiger partial charge on any atom is -0.443 e. The predicted octanol–water partition coefficient (Wildman–Crippen LogP) is 5.46. The molecule has 0 saturated heterocycles. The summed E-state index contributed by atoms with van der Waals surface area (Å²) < 4.78 is 48.0. The zero-order valence-electron chi connectivity index (χ0n) is 20.4. The van der Waals surface area contributed by atoms with Gasteiger partial charge in [-0.3, -0.25) is 4.98 Å². The number of nitrogens with zero attached hydrogens (tertiary/aromatic N) is 5. The SMILES string of the molecule is CC(F)[C@H](O)c1coc(-c2cncc([C@@]34CC[C@@H](c5cc(-c6c(F)cccc6F)nnc53)C4(C)C)n2)n1. The molecule has 1 saturated carbocycles. The third kappa shape index (κ3) is 3.28. The van der Waals surface area contributed by atoms with E-state index in [-0.39, 0.29) is 34.2 Å². The smallest absolute Gasteiger partial charge is 0.247 e. The highest BCUT2D eigenvalue weighted by molar-refractivity contribution is 5.64. The number of benzene rings is 1. The summed E-state index contributed by atoms with van der Waals surface area (Å²) >= 11 is 0. The summed E-state index contributed by atoms with van der Waals surface area (Å²) in [5.41, 5.74) is 1.64. The van der Waals surface area contributed by atoms with E-state index in [0.29, 0.717) is 11.4 Å². The van der Waals surface area contributed by atoms with Gasteiger partial charge in [-0.25, -0.2) is 23.1 Å². The van der Waals surface area contributed by atoms with Gasteiger partial charge in [-0.05, 0) is 54.9 Å². The Kier molecular flexibility index (Phi) is 5.24. The van der Waals surface area contributed by atoms with Crippen molar-refractivity contribution in [3.8, 4) is 22.8 Å². The molecule has 6 rings (SSSR count). The minimum absolute atomic E-state index is 0.0709. The van der Waals surface area contributed by atoms with Crippen LogP contribution in [-0.4, -0.2) is 36.4 Å². The maximum absolute atomic E-state index is 14.5. The normalized spacial score (nSPS) is 23.2. The van der Waals surface area contributed by atoms with Crippen molar-refractivity contribution in [2.45, 2.75) is 57.2 Å². The monoisotopic (exact) mass is 507 g/mol. The first-order chi connectivity index (χ1) is 17.6. The Morgan fingerprint density at radius 2 is 1.84 bits per heavy atom. The van der Waals surface area contributed by atoms with Gasteiger partial charge in [-0.2, -0.15) is 5.10 Å². The van der Waals surface area contributed by atoms with Crippen LogP contribution in [0.15, 0.2) is 47.3 Å². The zero-order chi connectivity index (χ0) is 26.1. The van der Waals surface area contributed by atoms with E-state index in [2.05, 4.69) is 34.0 Å². The number of alkyl halides is 1. The lowest BCUT2D eigenvalue weighted by Crippen LogP contribution is -2.38. The molecule has 37 heavy (non-hydrogen) atoms. The molecule has 0 amide bonds. The van der Waals surface area contributed by atoms with E-state index < -0.39 is 29.3 Å². The topological polar surface area (TPSA) is 97.8 Å². The second-order valence-corrected chi connectivity index (χ2v) is 10.3. The molecule has 4 aromatic rings. The first kappa shape index (κ1) is 23.7.